The van der Waals surface area contributed by atoms with E-state index < -0.39 is 6.10 Å². The number of benzene rings is 1. The van der Waals surface area contributed by atoms with Crippen LogP contribution in [-0.4, -0.2) is 36.7 Å². The molecule has 1 aromatic carbocycles. The van der Waals surface area contributed by atoms with Crippen molar-refractivity contribution in [1.82, 2.24) is 10.3 Å². The second-order valence-electron chi connectivity index (χ2n) is 5.35. The maximum absolute atomic E-state index is 12.2. The van der Waals surface area contributed by atoms with Crippen LogP contribution in [0.1, 0.15) is 16.1 Å². The van der Waals surface area contributed by atoms with E-state index in [-0.39, 0.29) is 18.3 Å². The molecule has 5 nitrogen and oxygen atoms in total. The summed E-state index contributed by atoms with van der Waals surface area (Å²) >= 11 is 7.69. The third kappa shape index (κ3) is 4.68. The molecular formula is C16H19Cl2N3O2S. The number of anilines is 1. The second kappa shape index (κ2) is 8.78. The third-order valence-corrected chi connectivity index (χ3v) is 5.09. The van der Waals surface area contributed by atoms with Crippen LogP contribution in [0, 0.1) is 6.92 Å². The second-order valence-corrected chi connectivity index (χ2v) is 6.84. The molecule has 0 aliphatic carbocycles. The van der Waals surface area contributed by atoms with Crippen LogP contribution in [0.4, 0.5) is 5.13 Å². The summed E-state index contributed by atoms with van der Waals surface area (Å²) in [6.45, 7) is 3.80. The fraction of sp³-hybridized carbons (Fsp3) is 0.375. The summed E-state index contributed by atoms with van der Waals surface area (Å²) in [6.07, 6.45) is 0.250. The van der Waals surface area contributed by atoms with Crippen molar-refractivity contribution in [2.45, 2.75) is 19.4 Å². The van der Waals surface area contributed by atoms with E-state index in [2.05, 4.69) is 15.6 Å². The van der Waals surface area contributed by atoms with E-state index in [0.29, 0.717) is 24.7 Å². The summed E-state index contributed by atoms with van der Waals surface area (Å²) in [5.41, 5.74) is 1.96. The van der Waals surface area contributed by atoms with Gasteiger partial charge < -0.3 is 10.1 Å². The maximum atomic E-state index is 12.2. The summed E-state index contributed by atoms with van der Waals surface area (Å²) in [5, 5.41) is 7.33. The standard InChI is InChI=1S/C16H18ClN3O2S.ClH/c1-10-14(8-11-4-2-3-5-12(11)17)23-16(19-10)20-15(21)13-9-18-6-7-22-13;/h2-5,13,18H,6-9H2,1H3,(H,19,20,21);1H. The monoisotopic (exact) mass is 387 g/mol. The van der Waals surface area contributed by atoms with Crippen molar-refractivity contribution in [2.75, 3.05) is 25.0 Å². The molecule has 1 aliphatic rings. The van der Waals surface area contributed by atoms with E-state index in [1.165, 1.54) is 11.3 Å². The molecule has 2 heterocycles. The van der Waals surface area contributed by atoms with Crippen LogP contribution in [0.2, 0.25) is 5.02 Å². The summed E-state index contributed by atoms with van der Waals surface area (Å²) in [6, 6.07) is 7.76. The Labute approximate surface area is 156 Å². The first-order valence-electron chi connectivity index (χ1n) is 7.46. The van der Waals surface area contributed by atoms with E-state index >= 15 is 0 Å². The lowest BCUT2D eigenvalue weighted by Gasteiger charge is -2.22. The Morgan fingerprint density at radius 1 is 1.50 bits per heavy atom. The highest BCUT2D eigenvalue weighted by atomic mass is 35.5. The van der Waals surface area contributed by atoms with Crippen LogP contribution in [-0.2, 0) is 16.0 Å². The zero-order valence-corrected chi connectivity index (χ0v) is 15.6. The number of rotatable bonds is 4. The van der Waals surface area contributed by atoms with Crippen LogP contribution in [0.3, 0.4) is 0 Å². The van der Waals surface area contributed by atoms with Gasteiger partial charge >= 0.3 is 0 Å². The normalized spacial score (nSPS) is 17.2. The average molecular weight is 388 g/mol. The van der Waals surface area contributed by atoms with Gasteiger partial charge in [0.2, 0.25) is 0 Å². The van der Waals surface area contributed by atoms with Crippen molar-refractivity contribution < 1.29 is 9.53 Å². The first-order chi connectivity index (χ1) is 11.1. The number of amides is 1. The number of hydrogen-bond acceptors (Lipinski definition) is 5. The van der Waals surface area contributed by atoms with Crippen LogP contribution in [0.25, 0.3) is 0 Å². The van der Waals surface area contributed by atoms with Gasteiger partial charge in [-0.1, -0.05) is 29.8 Å². The predicted molar refractivity (Wildman–Crippen MR) is 99.6 cm³/mol. The number of morpholine rings is 1. The SMILES string of the molecule is Cc1nc(NC(=O)C2CNCCO2)sc1Cc1ccccc1Cl.Cl. The van der Waals surface area contributed by atoms with Crippen LogP contribution in [0.15, 0.2) is 24.3 Å². The highest BCUT2D eigenvalue weighted by molar-refractivity contribution is 7.15. The number of nitrogens with one attached hydrogen (secondary N) is 2. The number of thiazole rings is 1. The van der Waals surface area contributed by atoms with Crippen molar-refractivity contribution >= 4 is 46.4 Å². The molecule has 1 fully saturated rings. The van der Waals surface area contributed by atoms with Gasteiger partial charge in [-0.15, -0.1) is 23.7 Å². The highest BCUT2D eigenvalue weighted by Crippen LogP contribution is 2.27. The van der Waals surface area contributed by atoms with Gasteiger partial charge in [0.15, 0.2) is 5.13 Å². The van der Waals surface area contributed by atoms with Gasteiger partial charge in [0.1, 0.15) is 6.10 Å². The number of halogens is 2. The molecule has 0 spiro atoms. The Hall–Kier alpha value is -1.18. The summed E-state index contributed by atoms with van der Waals surface area (Å²) < 4.78 is 5.45. The molecular weight excluding hydrogens is 369 g/mol. The van der Waals surface area contributed by atoms with Crippen LogP contribution < -0.4 is 10.6 Å². The van der Waals surface area contributed by atoms with E-state index in [4.69, 9.17) is 16.3 Å². The Balaban J connectivity index is 0.00000208. The number of carbonyl (C=O) groups excluding carboxylic acids is 1. The van der Waals surface area contributed by atoms with E-state index in [0.717, 1.165) is 27.7 Å². The Morgan fingerprint density at radius 3 is 3.00 bits per heavy atom. The van der Waals surface area contributed by atoms with Gasteiger partial charge in [0.05, 0.1) is 12.3 Å². The van der Waals surface area contributed by atoms with Gasteiger partial charge in [0.25, 0.3) is 5.91 Å². The van der Waals surface area contributed by atoms with Gasteiger partial charge in [-0.25, -0.2) is 4.98 Å². The first kappa shape index (κ1) is 19.1. The Morgan fingerprint density at radius 2 is 2.29 bits per heavy atom. The minimum absolute atomic E-state index is 0. The predicted octanol–water partition coefficient (Wildman–Crippen LogP) is 3.04. The first-order valence-corrected chi connectivity index (χ1v) is 8.66. The van der Waals surface area contributed by atoms with E-state index in [1.807, 2.05) is 31.2 Å². The smallest absolute Gasteiger partial charge is 0.256 e. The molecule has 1 aliphatic heterocycles. The Bertz CT molecular complexity index is 702. The molecule has 24 heavy (non-hydrogen) atoms. The molecule has 2 N–H and O–H groups in total. The van der Waals surface area contributed by atoms with Gasteiger partial charge in [0, 0.05) is 29.4 Å². The molecule has 8 heteroatoms. The maximum Gasteiger partial charge on any atom is 0.256 e. The zero-order valence-electron chi connectivity index (χ0n) is 13.2. The molecule has 0 radical (unpaired) electrons. The molecule has 1 aromatic heterocycles. The fourth-order valence-electron chi connectivity index (χ4n) is 2.38. The van der Waals surface area contributed by atoms with Gasteiger partial charge in [-0.05, 0) is 18.6 Å². The van der Waals surface area contributed by atoms with Crippen molar-refractivity contribution in [3.8, 4) is 0 Å². The molecule has 1 unspecified atom stereocenters. The minimum atomic E-state index is -0.458. The van der Waals surface area contributed by atoms with Gasteiger partial charge in [-0.2, -0.15) is 0 Å². The van der Waals surface area contributed by atoms with Gasteiger partial charge in [-0.3, -0.25) is 10.1 Å². The average Bonchev–Trinajstić information content (AvgIpc) is 2.90. The molecule has 0 saturated carbocycles. The fourth-order valence-corrected chi connectivity index (χ4v) is 3.57. The molecule has 3 rings (SSSR count). The van der Waals surface area contributed by atoms with Crippen molar-refractivity contribution in [1.29, 1.82) is 0 Å². The van der Waals surface area contributed by atoms with Crippen LogP contribution in [0.5, 0.6) is 0 Å². The number of nitrogens with zero attached hydrogens (tertiary/aromatic N) is 1. The molecule has 2 aromatic rings. The largest absolute Gasteiger partial charge is 0.366 e. The summed E-state index contributed by atoms with van der Waals surface area (Å²) in [5.74, 6) is -0.157. The topological polar surface area (TPSA) is 63.2 Å². The number of aryl methyl sites for hydroxylation is 1. The molecule has 1 amide bonds. The Kier molecular flexibility index (Phi) is 7.01. The molecule has 1 atom stereocenters. The molecule has 130 valence electrons. The number of aromatic nitrogens is 1. The number of hydrogen-bond donors (Lipinski definition) is 2. The lowest BCUT2D eigenvalue weighted by molar-refractivity contribution is -0.128. The third-order valence-electron chi connectivity index (χ3n) is 3.65. The van der Waals surface area contributed by atoms with Crippen molar-refractivity contribution in [2.24, 2.45) is 0 Å². The van der Waals surface area contributed by atoms with Crippen molar-refractivity contribution in [3.63, 3.8) is 0 Å². The zero-order chi connectivity index (χ0) is 16.2. The lowest BCUT2D eigenvalue weighted by atomic mass is 10.1. The number of ether oxygens (including phenoxy) is 1. The van der Waals surface area contributed by atoms with Crippen molar-refractivity contribution in [3.05, 3.63) is 45.4 Å². The van der Waals surface area contributed by atoms with E-state index in [9.17, 15) is 4.79 Å². The van der Waals surface area contributed by atoms with Crippen LogP contribution >= 0.6 is 35.3 Å². The summed E-state index contributed by atoms with van der Waals surface area (Å²) in [7, 11) is 0. The molecule has 0 bridgehead atoms. The highest BCUT2D eigenvalue weighted by Gasteiger charge is 2.23. The van der Waals surface area contributed by atoms with E-state index in [1.54, 1.807) is 0 Å². The lowest BCUT2D eigenvalue weighted by Crippen LogP contribution is -2.45. The molecule has 1 saturated heterocycles. The summed E-state index contributed by atoms with van der Waals surface area (Å²) in [4.78, 5) is 17.7. The number of carbonyl (C=O) groups is 1. The minimum Gasteiger partial charge on any atom is -0.366 e. The quantitative estimate of drug-likeness (QED) is 0.845.